The van der Waals surface area contributed by atoms with Gasteiger partial charge in [0.1, 0.15) is 0 Å². The van der Waals surface area contributed by atoms with E-state index in [9.17, 15) is 9.59 Å². The Balaban J connectivity index is 2.32. The van der Waals surface area contributed by atoms with E-state index in [4.69, 9.17) is 9.63 Å². The summed E-state index contributed by atoms with van der Waals surface area (Å²) in [5.41, 5.74) is 0.436. The molecule has 0 amide bonds. The molecular formula is C11H10N2O4. The van der Waals surface area contributed by atoms with Crippen molar-refractivity contribution in [2.24, 2.45) is 0 Å². The van der Waals surface area contributed by atoms with Gasteiger partial charge in [-0.05, 0) is 13.0 Å². The Morgan fingerprint density at radius 1 is 1.53 bits per heavy atom. The molecule has 6 nitrogen and oxygen atoms in total. The minimum absolute atomic E-state index is 0.165. The molecule has 0 fully saturated rings. The van der Waals surface area contributed by atoms with Crippen LogP contribution in [0.2, 0.25) is 0 Å². The van der Waals surface area contributed by atoms with E-state index in [0.717, 1.165) is 5.69 Å². The number of carboxylic acid groups (broad SMARTS) is 1. The fourth-order valence-electron chi connectivity index (χ4n) is 1.47. The van der Waals surface area contributed by atoms with Crippen LogP contribution in [-0.4, -0.2) is 20.8 Å². The highest BCUT2D eigenvalue weighted by Crippen LogP contribution is 2.06. The van der Waals surface area contributed by atoms with E-state index in [-0.39, 0.29) is 17.8 Å². The highest BCUT2D eigenvalue weighted by molar-refractivity contribution is 5.85. The van der Waals surface area contributed by atoms with Gasteiger partial charge in [-0.3, -0.25) is 4.79 Å². The largest absolute Gasteiger partial charge is 0.476 e. The number of carbonyl (C=O) groups is 1. The zero-order valence-electron chi connectivity index (χ0n) is 9.08. The van der Waals surface area contributed by atoms with Gasteiger partial charge in [-0.1, -0.05) is 11.2 Å². The average molecular weight is 234 g/mol. The predicted molar refractivity (Wildman–Crippen MR) is 58.0 cm³/mol. The SMILES string of the molecule is Cc1cccc(=O)n1Cc1cc(C(=O)O)no1. The van der Waals surface area contributed by atoms with Crippen LogP contribution in [0, 0.1) is 6.92 Å². The van der Waals surface area contributed by atoms with Crippen LogP contribution in [0.5, 0.6) is 0 Å². The summed E-state index contributed by atoms with van der Waals surface area (Å²) in [6.07, 6.45) is 0. The van der Waals surface area contributed by atoms with Crippen molar-refractivity contribution in [3.63, 3.8) is 0 Å². The summed E-state index contributed by atoms with van der Waals surface area (Å²) in [4.78, 5) is 22.2. The molecular weight excluding hydrogens is 224 g/mol. The Morgan fingerprint density at radius 3 is 2.88 bits per heavy atom. The molecule has 0 spiro atoms. The maximum absolute atomic E-state index is 11.6. The molecule has 0 unspecified atom stereocenters. The molecule has 0 aromatic carbocycles. The fraction of sp³-hybridized carbons (Fsp3) is 0.182. The molecule has 0 aliphatic rings. The first-order chi connectivity index (χ1) is 8.08. The fourth-order valence-corrected chi connectivity index (χ4v) is 1.47. The van der Waals surface area contributed by atoms with E-state index in [0.29, 0.717) is 5.76 Å². The molecule has 2 aromatic rings. The van der Waals surface area contributed by atoms with Crippen LogP contribution in [0.25, 0.3) is 0 Å². The third-order valence-corrected chi connectivity index (χ3v) is 2.36. The molecule has 2 heterocycles. The van der Waals surface area contributed by atoms with E-state index < -0.39 is 5.97 Å². The number of hydrogen-bond donors (Lipinski definition) is 1. The van der Waals surface area contributed by atoms with Crippen LogP contribution in [0.15, 0.2) is 33.6 Å². The number of aromatic nitrogens is 2. The first-order valence-electron chi connectivity index (χ1n) is 4.93. The summed E-state index contributed by atoms with van der Waals surface area (Å²) in [5.74, 6) is -0.823. The Morgan fingerprint density at radius 2 is 2.29 bits per heavy atom. The van der Waals surface area contributed by atoms with Crippen molar-refractivity contribution in [1.82, 2.24) is 9.72 Å². The lowest BCUT2D eigenvalue weighted by molar-refractivity contribution is 0.0685. The van der Waals surface area contributed by atoms with Gasteiger partial charge in [0.2, 0.25) is 0 Å². The Kier molecular flexibility index (Phi) is 2.78. The first kappa shape index (κ1) is 11.1. The summed E-state index contributed by atoms with van der Waals surface area (Å²) in [6.45, 7) is 1.96. The normalized spacial score (nSPS) is 10.4. The third kappa shape index (κ3) is 2.25. The molecule has 0 aliphatic carbocycles. The van der Waals surface area contributed by atoms with Gasteiger partial charge in [-0.15, -0.1) is 0 Å². The van der Waals surface area contributed by atoms with Gasteiger partial charge in [0.15, 0.2) is 11.5 Å². The minimum atomic E-state index is -1.16. The highest BCUT2D eigenvalue weighted by atomic mass is 16.5. The van der Waals surface area contributed by atoms with Crippen molar-refractivity contribution >= 4 is 5.97 Å². The van der Waals surface area contributed by atoms with Crippen LogP contribution in [-0.2, 0) is 6.54 Å². The van der Waals surface area contributed by atoms with Gasteiger partial charge in [0.05, 0.1) is 6.54 Å². The topological polar surface area (TPSA) is 85.3 Å². The molecule has 0 aliphatic heterocycles. The monoisotopic (exact) mass is 234 g/mol. The zero-order valence-corrected chi connectivity index (χ0v) is 9.08. The van der Waals surface area contributed by atoms with Crippen LogP contribution >= 0.6 is 0 Å². The Labute approximate surface area is 96.1 Å². The second-order valence-electron chi connectivity index (χ2n) is 3.58. The molecule has 2 rings (SSSR count). The van der Waals surface area contributed by atoms with Gasteiger partial charge in [0.25, 0.3) is 5.56 Å². The number of aromatic carboxylic acids is 1. The number of carboxylic acids is 1. The second kappa shape index (κ2) is 4.25. The average Bonchev–Trinajstić information content (AvgIpc) is 2.72. The maximum Gasteiger partial charge on any atom is 0.358 e. The molecule has 2 aromatic heterocycles. The van der Waals surface area contributed by atoms with E-state index >= 15 is 0 Å². The predicted octanol–water partition coefficient (Wildman–Crippen LogP) is 0.891. The van der Waals surface area contributed by atoms with Crippen molar-refractivity contribution in [2.45, 2.75) is 13.5 Å². The van der Waals surface area contributed by atoms with Crippen molar-refractivity contribution in [1.29, 1.82) is 0 Å². The highest BCUT2D eigenvalue weighted by Gasteiger charge is 2.11. The first-order valence-corrected chi connectivity index (χ1v) is 4.93. The van der Waals surface area contributed by atoms with E-state index in [2.05, 4.69) is 5.16 Å². The molecule has 17 heavy (non-hydrogen) atoms. The van der Waals surface area contributed by atoms with E-state index in [1.54, 1.807) is 19.1 Å². The maximum atomic E-state index is 11.6. The second-order valence-corrected chi connectivity index (χ2v) is 3.58. The molecule has 1 N–H and O–H groups in total. The smallest absolute Gasteiger partial charge is 0.358 e. The van der Waals surface area contributed by atoms with E-state index in [1.807, 2.05) is 0 Å². The minimum Gasteiger partial charge on any atom is -0.476 e. The van der Waals surface area contributed by atoms with Crippen molar-refractivity contribution < 1.29 is 14.4 Å². The lowest BCUT2D eigenvalue weighted by Gasteiger charge is -2.05. The van der Waals surface area contributed by atoms with Crippen LogP contribution in [0.4, 0.5) is 0 Å². The molecule has 0 saturated heterocycles. The van der Waals surface area contributed by atoms with Crippen molar-refractivity contribution in [3.8, 4) is 0 Å². The number of pyridine rings is 1. The number of hydrogen-bond acceptors (Lipinski definition) is 4. The molecule has 0 saturated carbocycles. The van der Waals surface area contributed by atoms with E-state index in [1.165, 1.54) is 16.7 Å². The molecule has 0 bridgehead atoms. The lowest BCUT2D eigenvalue weighted by atomic mass is 10.3. The zero-order chi connectivity index (χ0) is 12.4. The third-order valence-electron chi connectivity index (χ3n) is 2.36. The lowest BCUT2D eigenvalue weighted by Crippen LogP contribution is -2.21. The molecule has 6 heteroatoms. The Bertz CT molecular complexity index is 612. The molecule has 0 radical (unpaired) electrons. The van der Waals surface area contributed by atoms with Crippen LogP contribution < -0.4 is 5.56 Å². The van der Waals surface area contributed by atoms with Crippen LogP contribution in [0.3, 0.4) is 0 Å². The van der Waals surface area contributed by atoms with Gasteiger partial charge < -0.3 is 14.2 Å². The van der Waals surface area contributed by atoms with Gasteiger partial charge in [0, 0.05) is 17.8 Å². The van der Waals surface area contributed by atoms with Crippen LogP contribution in [0.1, 0.15) is 21.9 Å². The number of aryl methyl sites for hydroxylation is 1. The summed E-state index contributed by atoms with van der Waals surface area (Å²) in [6, 6.07) is 6.19. The summed E-state index contributed by atoms with van der Waals surface area (Å²) < 4.78 is 6.33. The Hall–Kier alpha value is -2.37. The summed E-state index contributed by atoms with van der Waals surface area (Å²) >= 11 is 0. The van der Waals surface area contributed by atoms with Gasteiger partial charge >= 0.3 is 5.97 Å². The molecule has 88 valence electrons. The van der Waals surface area contributed by atoms with Crippen molar-refractivity contribution in [2.75, 3.05) is 0 Å². The van der Waals surface area contributed by atoms with Gasteiger partial charge in [-0.2, -0.15) is 0 Å². The quantitative estimate of drug-likeness (QED) is 0.852. The number of nitrogens with zero attached hydrogens (tertiary/aromatic N) is 2. The molecule has 0 atom stereocenters. The number of rotatable bonds is 3. The van der Waals surface area contributed by atoms with Gasteiger partial charge in [-0.25, -0.2) is 4.79 Å². The van der Waals surface area contributed by atoms with Crippen molar-refractivity contribution in [3.05, 3.63) is 51.8 Å². The standard InChI is InChI=1S/C11H10N2O4/c1-7-3-2-4-10(14)13(7)6-8-5-9(11(15)16)12-17-8/h2-5H,6H2,1H3,(H,15,16). The summed E-state index contributed by atoms with van der Waals surface area (Å²) in [5, 5.41) is 12.1. The summed E-state index contributed by atoms with van der Waals surface area (Å²) in [7, 11) is 0.